The first kappa shape index (κ1) is 22.3. The van der Waals surface area contributed by atoms with Gasteiger partial charge in [-0.1, -0.05) is 11.8 Å². The van der Waals surface area contributed by atoms with Crippen molar-refractivity contribution in [3.8, 4) is 0 Å². The molecule has 2 amide bonds. The SMILES string of the molecule is CC(=O)c1ccc(NC(=O)CSc2nc(N)c(NC(=O)c3ccc(Br)o3)c(=O)[nH]2)cc1. The first-order valence-electron chi connectivity index (χ1n) is 8.73. The lowest BCUT2D eigenvalue weighted by Gasteiger charge is -2.08. The summed E-state index contributed by atoms with van der Waals surface area (Å²) in [6, 6.07) is 9.41. The molecule has 0 unspecified atom stereocenters. The molecule has 0 radical (unpaired) electrons. The largest absolute Gasteiger partial charge is 0.444 e. The van der Waals surface area contributed by atoms with Gasteiger partial charge in [-0.25, -0.2) is 4.98 Å². The number of hydrogen-bond acceptors (Lipinski definition) is 8. The van der Waals surface area contributed by atoms with Crippen LogP contribution < -0.4 is 21.9 Å². The third-order valence-electron chi connectivity index (χ3n) is 3.88. The van der Waals surface area contributed by atoms with E-state index < -0.39 is 11.5 Å². The summed E-state index contributed by atoms with van der Waals surface area (Å²) in [5, 5.41) is 5.13. The molecule has 3 rings (SSSR count). The van der Waals surface area contributed by atoms with E-state index in [0.29, 0.717) is 15.9 Å². The Bertz CT molecular complexity index is 1210. The van der Waals surface area contributed by atoms with Gasteiger partial charge in [0.15, 0.2) is 32.9 Å². The number of aromatic nitrogens is 2. The van der Waals surface area contributed by atoms with Crippen molar-refractivity contribution < 1.29 is 18.8 Å². The van der Waals surface area contributed by atoms with Gasteiger partial charge < -0.3 is 20.8 Å². The predicted molar refractivity (Wildman–Crippen MR) is 119 cm³/mol. The van der Waals surface area contributed by atoms with Gasteiger partial charge in [0, 0.05) is 11.3 Å². The molecular formula is C19H16BrN5O5S. The van der Waals surface area contributed by atoms with E-state index in [4.69, 9.17) is 10.2 Å². The number of thioether (sulfide) groups is 1. The predicted octanol–water partition coefficient (Wildman–Crippen LogP) is 2.89. The van der Waals surface area contributed by atoms with Crippen LogP contribution in [0.5, 0.6) is 0 Å². The van der Waals surface area contributed by atoms with E-state index in [-0.39, 0.29) is 39.9 Å². The summed E-state index contributed by atoms with van der Waals surface area (Å²) in [6.07, 6.45) is 0. The number of H-pyrrole nitrogens is 1. The van der Waals surface area contributed by atoms with Gasteiger partial charge in [0.2, 0.25) is 5.91 Å². The fourth-order valence-corrected chi connectivity index (χ4v) is 3.36. The van der Waals surface area contributed by atoms with Crippen LogP contribution in [0.2, 0.25) is 0 Å². The van der Waals surface area contributed by atoms with Crippen molar-refractivity contribution in [1.29, 1.82) is 0 Å². The number of amides is 2. The summed E-state index contributed by atoms with van der Waals surface area (Å²) in [5.74, 6) is -1.36. The minimum Gasteiger partial charge on any atom is -0.444 e. The number of ketones is 1. The van der Waals surface area contributed by atoms with Crippen LogP contribution in [-0.2, 0) is 4.79 Å². The Morgan fingerprint density at radius 1 is 1.16 bits per heavy atom. The second-order valence-corrected chi connectivity index (χ2v) is 7.91. The zero-order valence-electron chi connectivity index (χ0n) is 16.0. The highest BCUT2D eigenvalue weighted by molar-refractivity contribution is 9.10. The molecular weight excluding hydrogens is 490 g/mol. The number of nitrogens with zero attached hydrogens (tertiary/aromatic N) is 1. The molecule has 3 aromatic rings. The fourth-order valence-electron chi connectivity index (χ4n) is 2.39. The number of benzene rings is 1. The smallest absolute Gasteiger partial charge is 0.291 e. The Morgan fingerprint density at radius 3 is 2.45 bits per heavy atom. The Balaban J connectivity index is 1.60. The number of nitrogen functional groups attached to an aromatic ring is 1. The molecule has 0 aliphatic heterocycles. The number of rotatable bonds is 7. The van der Waals surface area contributed by atoms with E-state index in [0.717, 1.165) is 11.8 Å². The molecule has 31 heavy (non-hydrogen) atoms. The molecule has 0 spiro atoms. The van der Waals surface area contributed by atoms with Crippen molar-refractivity contribution in [2.45, 2.75) is 12.1 Å². The number of anilines is 3. The van der Waals surface area contributed by atoms with E-state index in [9.17, 15) is 19.2 Å². The number of halogens is 1. The number of carbonyl (C=O) groups excluding carboxylic acids is 3. The van der Waals surface area contributed by atoms with Gasteiger partial charge in [-0.2, -0.15) is 0 Å². The van der Waals surface area contributed by atoms with Gasteiger partial charge in [0.25, 0.3) is 11.5 Å². The number of furan rings is 1. The van der Waals surface area contributed by atoms with E-state index in [1.807, 2.05) is 0 Å². The van der Waals surface area contributed by atoms with Crippen molar-refractivity contribution in [2.75, 3.05) is 22.1 Å². The molecule has 2 heterocycles. The van der Waals surface area contributed by atoms with Crippen LogP contribution in [0.1, 0.15) is 27.8 Å². The highest BCUT2D eigenvalue weighted by atomic mass is 79.9. The molecule has 0 bridgehead atoms. The zero-order valence-corrected chi connectivity index (χ0v) is 18.4. The summed E-state index contributed by atoms with van der Waals surface area (Å²) < 4.78 is 5.48. The molecule has 1 aromatic carbocycles. The number of Topliss-reactive ketones (excluding diaryl/α,β-unsaturated/α-hetero) is 1. The normalized spacial score (nSPS) is 10.5. The minimum absolute atomic E-state index is 0.0165. The zero-order chi connectivity index (χ0) is 22.5. The number of nitrogens with one attached hydrogen (secondary N) is 3. The van der Waals surface area contributed by atoms with Crippen LogP contribution in [-0.4, -0.2) is 33.3 Å². The first-order valence-corrected chi connectivity index (χ1v) is 10.5. The molecule has 0 aliphatic carbocycles. The lowest BCUT2D eigenvalue weighted by atomic mass is 10.1. The number of carbonyl (C=O) groups is 3. The van der Waals surface area contributed by atoms with E-state index in [1.54, 1.807) is 24.3 Å². The van der Waals surface area contributed by atoms with Crippen LogP contribution in [0.15, 0.2) is 55.4 Å². The molecule has 0 aliphatic rings. The van der Waals surface area contributed by atoms with E-state index >= 15 is 0 Å². The van der Waals surface area contributed by atoms with Gasteiger partial charge >= 0.3 is 0 Å². The summed E-state index contributed by atoms with van der Waals surface area (Å²) in [4.78, 5) is 54.3. The molecule has 10 nitrogen and oxygen atoms in total. The van der Waals surface area contributed by atoms with Crippen molar-refractivity contribution >= 4 is 62.5 Å². The lowest BCUT2D eigenvalue weighted by Crippen LogP contribution is -2.23. The molecule has 2 aromatic heterocycles. The highest BCUT2D eigenvalue weighted by Gasteiger charge is 2.17. The lowest BCUT2D eigenvalue weighted by molar-refractivity contribution is -0.113. The Kier molecular flexibility index (Phi) is 6.92. The number of hydrogen-bond donors (Lipinski definition) is 4. The summed E-state index contributed by atoms with van der Waals surface area (Å²) in [5.41, 5.74) is 5.96. The summed E-state index contributed by atoms with van der Waals surface area (Å²) in [6.45, 7) is 1.45. The second kappa shape index (κ2) is 9.62. The van der Waals surface area contributed by atoms with Gasteiger partial charge in [0.1, 0.15) is 0 Å². The summed E-state index contributed by atoms with van der Waals surface area (Å²) >= 11 is 4.04. The molecule has 0 atom stereocenters. The van der Waals surface area contributed by atoms with E-state index in [2.05, 4.69) is 36.5 Å². The topological polar surface area (TPSA) is 160 Å². The van der Waals surface area contributed by atoms with Gasteiger partial charge in [-0.05, 0) is 59.3 Å². The average molecular weight is 506 g/mol. The van der Waals surface area contributed by atoms with Crippen molar-refractivity contribution in [3.05, 3.63) is 62.7 Å². The van der Waals surface area contributed by atoms with Gasteiger partial charge in [-0.15, -0.1) is 0 Å². The first-order chi connectivity index (χ1) is 14.7. The third-order valence-corrected chi connectivity index (χ3v) is 5.18. The molecule has 12 heteroatoms. The molecule has 0 saturated carbocycles. The fraction of sp³-hybridized carbons (Fsp3) is 0.105. The van der Waals surface area contributed by atoms with Crippen LogP contribution in [0.3, 0.4) is 0 Å². The maximum atomic E-state index is 12.3. The molecule has 160 valence electrons. The monoisotopic (exact) mass is 505 g/mol. The average Bonchev–Trinajstić information content (AvgIpc) is 3.16. The van der Waals surface area contributed by atoms with Crippen LogP contribution in [0.4, 0.5) is 17.2 Å². The minimum atomic E-state index is -0.672. The van der Waals surface area contributed by atoms with Crippen molar-refractivity contribution in [2.24, 2.45) is 0 Å². The summed E-state index contributed by atoms with van der Waals surface area (Å²) in [7, 11) is 0. The molecule has 5 N–H and O–H groups in total. The van der Waals surface area contributed by atoms with Crippen molar-refractivity contribution in [3.63, 3.8) is 0 Å². The van der Waals surface area contributed by atoms with Crippen LogP contribution in [0.25, 0.3) is 0 Å². The van der Waals surface area contributed by atoms with Crippen LogP contribution >= 0.6 is 27.7 Å². The number of aromatic amines is 1. The van der Waals surface area contributed by atoms with E-state index in [1.165, 1.54) is 19.1 Å². The number of nitrogens with two attached hydrogens (primary N) is 1. The highest BCUT2D eigenvalue weighted by Crippen LogP contribution is 2.19. The maximum absolute atomic E-state index is 12.3. The third kappa shape index (κ3) is 5.83. The second-order valence-electron chi connectivity index (χ2n) is 6.16. The van der Waals surface area contributed by atoms with Crippen LogP contribution in [0, 0.1) is 0 Å². The van der Waals surface area contributed by atoms with Gasteiger partial charge in [-0.3, -0.25) is 24.2 Å². The molecule has 0 saturated heterocycles. The quantitative estimate of drug-likeness (QED) is 0.216. The Hall–Kier alpha value is -3.38. The standard InChI is InChI=1S/C19H16BrN5O5S/c1-9(26)10-2-4-11(5-3-10)22-14(27)8-31-19-24-16(21)15(18(29)25-19)23-17(28)12-6-7-13(20)30-12/h2-7H,8H2,1H3,(H,22,27)(H,23,28)(H3,21,24,25,29). The Morgan fingerprint density at radius 2 is 1.87 bits per heavy atom. The Labute approximate surface area is 188 Å². The maximum Gasteiger partial charge on any atom is 0.291 e. The van der Waals surface area contributed by atoms with Crippen molar-refractivity contribution in [1.82, 2.24) is 9.97 Å². The van der Waals surface area contributed by atoms with Gasteiger partial charge in [0.05, 0.1) is 5.75 Å². The molecule has 0 fully saturated rings.